The molecule has 1 aliphatic rings. The molecule has 0 saturated carbocycles. The first-order valence-corrected chi connectivity index (χ1v) is 24.6. The van der Waals surface area contributed by atoms with E-state index in [2.05, 4.69) is 289 Å². The molecule has 0 N–H and O–H groups in total. The Morgan fingerprint density at radius 3 is 1.51 bits per heavy atom. The summed E-state index contributed by atoms with van der Waals surface area (Å²) in [6.07, 6.45) is 0. The van der Waals surface area contributed by atoms with Gasteiger partial charge in [0.2, 0.25) is 0 Å². The molecule has 1 heterocycles. The van der Waals surface area contributed by atoms with Crippen LogP contribution in [0, 0.1) is 0 Å². The minimum absolute atomic E-state index is 0.521. The predicted octanol–water partition coefficient (Wildman–Crippen LogP) is 18.3. The summed E-state index contributed by atoms with van der Waals surface area (Å²) >= 11 is 0. The van der Waals surface area contributed by atoms with Crippen LogP contribution >= 0.6 is 0 Å². The lowest BCUT2D eigenvalue weighted by atomic mass is 9.67. The van der Waals surface area contributed by atoms with E-state index in [1.807, 2.05) is 0 Å². The highest BCUT2D eigenvalue weighted by Gasteiger charge is 2.46. The van der Waals surface area contributed by atoms with Gasteiger partial charge in [-0.2, -0.15) is 0 Å². The molecule has 13 aromatic rings. The van der Waals surface area contributed by atoms with Crippen LogP contribution in [0.5, 0.6) is 0 Å². The smallest absolute Gasteiger partial charge is 0.0714 e. The summed E-state index contributed by atoms with van der Waals surface area (Å²) in [5, 5.41) is 7.65. The van der Waals surface area contributed by atoms with E-state index in [1.165, 1.54) is 87.9 Å². The molecular weight excluding hydrogens is 857 g/mol. The van der Waals surface area contributed by atoms with Gasteiger partial charge in [-0.15, -0.1) is 0 Å². The maximum Gasteiger partial charge on any atom is 0.0714 e. The standard InChI is InChI=1S/C69H46N2/c1-4-19-47(20-5-1)48-35-39-53(40-36-48)70(56-43-44-60-59-29-14-16-33-64(59)69(65(60)46-56,51-22-6-2-7-23-51)52-24-8-3-9-25-52)55-26-18-21-50(45-55)49-37-41-54(42-38-49)71-66-34-17-15-32-63(66)67-61-30-12-10-27-57(61)58-28-11-13-31-62(58)68(67)71/h1-46H. The number of hydrogen-bond donors (Lipinski definition) is 0. The third kappa shape index (κ3) is 6.35. The number of para-hydroxylation sites is 1. The highest BCUT2D eigenvalue weighted by Crippen LogP contribution is 2.57. The number of rotatable bonds is 8. The second-order valence-corrected chi connectivity index (χ2v) is 18.8. The Labute approximate surface area is 413 Å². The normalized spacial score (nSPS) is 12.6. The Morgan fingerprint density at radius 1 is 0.296 bits per heavy atom. The Hall–Kier alpha value is -9.24. The Morgan fingerprint density at radius 2 is 0.789 bits per heavy atom. The molecule has 0 bridgehead atoms. The van der Waals surface area contributed by atoms with Crippen molar-refractivity contribution >= 4 is 60.4 Å². The zero-order chi connectivity index (χ0) is 46.9. The van der Waals surface area contributed by atoms with E-state index in [9.17, 15) is 0 Å². The van der Waals surface area contributed by atoms with Gasteiger partial charge in [0, 0.05) is 38.9 Å². The molecule has 71 heavy (non-hydrogen) atoms. The molecule has 1 aliphatic carbocycles. The van der Waals surface area contributed by atoms with Crippen molar-refractivity contribution in [1.29, 1.82) is 0 Å². The summed E-state index contributed by atoms with van der Waals surface area (Å²) < 4.78 is 2.47. The largest absolute Gasteiger partial charge is 0.310 e. The van der Waals surface area contributed by atoms with Gasteiger partial charge in [-0.25, -0.2) is 0 Å². The average molecular weight is 903 g/mol. The SMILES string of the molecule is c1ccc(-c2ccc(N(c3cccc(-c4ccc(-n5c6ccccc6c6c7ccccc7c7ccccc7c65)cc4)c3)c3ccc4c(c3)C(c3ccccc3)(c3ccccc3)c3ccccc3-4)cc2)cc1. The molecule has 0 atom stereocenters. The quantitative estimate of drug-likeness (QED) is 0.138. The monoisotopic (exact) mass is 902 g/mol. The van der Waals surface area contributed by atoms with Crippen LogP contribution in [0.4, 0.5) is 17.1 Å². The first-order valence-electron chi connectivity index (χ1n) is 24.6. The Bertz CT molecular complexity index is 4090. The molecule has 0 amide bonds. The molecule has 0 radical (unpaired) electrons. The van der Waals surface area contributed by atoms with Crippen molar-refractivity contribution in [3.05, 3.63) is 301 Å². The summed E-state index contributed by atoms with van der Waals surface area (Å²) in [7, 11) is 0. The van der Waals surface area contributed by atoms with Gasteiger partial charge in [0.1, 0.15) is 0 Å². The maximum atomic E-state index is 2.47. The molecule has 0 unspecified atom stereocenters. The third-order valence-corrected chi connectivity index (χ3v) is 15.0. The van der Waals surface area contributed by atoms with Crippen LogP contribution < -0.4 is 4.90 Å². The highest BCUT2D eigenvalue weighted by molar-refractivity contribution is 6.32. The van der Waals surface area contributed by atoms with E-state index in [0.29, 0.717) is 0 Å². The lowest BCUT2D eigenvalue weighted by Gasteiger charge is -2.35. The van der Waals surface area contributed by atoms with Crippen LogP contribution in [0.2, 0.25) is 0 Å². The summed E-state index contributed by atoms with van der Waals surface area (Å²) in [5.74, 6) is 0. The van der Waals surface area contributed by atoms with Gasteiger partial charge in [0.25, 0.3) is 0 Å². The molecular formula is C69H46N2. The summed E-state index contributed by atoms with van der Waals surface area (Å²) in [6.45, 7) is 0. The molecule has 0 aliphatic heterocycles. The lowest BCUT2D eigenvalue weighted by molar-refractivity contribution is 0.768. The van der Waals surface area contributed by atoms with Gasteiger partial charge in [-0.3, -0.25) is 0 Å². The zero-order valence-corrected chi connectivity index (χ0v) is 39.0. The second-order valence-electron chi connectivity index (χ2n) is 18.8. The second kappa shape index (κ2) is 16.5. The van der Waals surface area contributed by atoms with Crippen LogP contribution in [0.15, 0.2) is 279 Å². The van der Waals surface area contributed by atoms with Crippen molar-refractivity contribution in [2.24, 2.45) is 0 Å². The first-order chi connectivity index (χ1) is 35.2. The number of benzene rings is 12. The average Bonchev–Trinajstić information content (AvgIpc) is 3.96. The van der Waals surface area contributed by atoms with E-state index in [4.69, 9.17) is 0 Å². The number of hydrogen-bond acceptors (Lipinski definition) is 1. The van der Waals surface area contributed by atoms with Crippen LogP contribution in [0.1, 0.15) is 22.3 Å². The highest BCUT2D eigenvalue weighted by atomic mass is 15.1. The molecule has 12 aromatic carbocycles. The fourth-order valence-electron chi connectivity index (χ4n) is 12.0. The van der Waals surface area contributed by atoms with E-state index < -0.39 is 5.41 Å². The van der Waals surface area contributed by atoms with E-state index >= 15 is 0 Å². The summed E-state index contributed by atoms with van der Waals surface area (Å²) in [6, 6.07) is 103. The molecule has 1 aromatic heterocycles. The number of aromatic nitrogens is 1. The van der Waals surface area contributed by atoms with Crippen molar-refractivity contribution in [1.82, 2.24) is 4.57 Å². The van der Waals surface area contributed by atoms with Crippen LogP contribution in [0.3, 0.4) is 0 Å². The van der Waals surface area contributed by atoms with Gasteiger partial charge >= 0.3 is 0 Å². The minimum atomic E-state index is -0.521. The number of fused-ring (bicyclic) bond motifs is 11. The maximum absolute atomic E-state index is 2.47. The summed E-state index contributed by atoms with van der Waals surface area (Å²) in [5.41, 5.74) is 18.6. The van der Waals surface area contributed by atoms with Gasteiger partial charge < -0.3 is 9.47 Å². The number of nitrogens with zero attached hydrogens (tertiary/aromatic N) is 2. The van der Waals surface area contributed by atoms with E-state index in [1.54, 1.807) is 0 Å². The zero-order valence-electron chi connectivity index (χ0n) is 39.0. The number of anilines is 3. The molecule has 2 heteroatoms. The molecule has 332 valence electrons. The lowest BCUT2D eigenvalue weighted by Crippen LogP contribution is -2.28. The van der Waals surface area contributed by atoms with Crippen molar-refractivity contribution in [3.8, 4) is 39.1 Å². The molecule has 0 saturated heterocycles. The van der Waals surface area contributed by atoms with Gasteiger partial charge in [-0.05, 0) is 126 Å². The third-order valence-electron chi connectivity index (χ3n) is 15.0. The van der Waals surface area contributed by atoms with Gasteiger partial charge in [0.15, 0.2) is 0 Å². The van der Waals surface area contributed by atoms with E-state index in [-0.39, 0.29) is 0 Å². The van der Waals surface area contributed by atoms with Crippen LogP contribution in [0.25, 0.3) is 82.4 Å². The van der Waals surface area contributed by atoms with Crippen molar-refractivity contribution in [2.45, 2.75) is 5.41 Å². The van der Waals surface area contributed by atoms with Crippen molar-refractivity contribution in [3.63, 3.8) is 0 Å². The molecule has 0 spiro atoms. The molecule has 0 fully saturated rings. The predicted molar refractivity (Wildman–Crippen MR) is 299 cm³/mol. The fourth-order valence-corrected chi connectivity index (χ4v) is 12.0. The topological polar surface area (TPSA) is 8.17 Å². The van der Waals surface area contributed by atoms with Gasteiger partial charge in [-0.1, -0.05) is 224 Å². The van der Waals surface area contributed by atoms with Gasteiger partial charge in [0.05, 0.1) is 16.4 Å². The Balaban J connectivity index is 0.928. The summed E-state index contributed by atoms with van der Waals surface area (Å²) in [4.78, 5) is 2.43. The first kappa shape index (κ1) is 40.8. The van der Waals surface area contributed by atoms with Crippen molar-refractivity contribution < 1.29 is 0 Å². The molecule has 2 nitrogen and oxygen atoms in total. The van der Waals surface area contributed by atoms with Crippen LogP contribution in [-0.4, -0.2) is 4.57 Å². The van der Waals surface area contributed by atoms with Crippen molar-refractivity contribution in [2.75, 3.05) is 4.90 Å². The Kier molecular flexibility index (Phi) is 9.47. The fraction of sp³-hybridized carbons (Fsp3) is 0.0145. The van der Waals surface area contributed by atoms with Crippen LogP contribution in [-0.2, 0) is 5.41 Å². The molecule has 14 rings (SSSR count). The minimum Gasteiger partial charge on any atom is -0.310 e. The van der Waals surface area contributed by atoms with E-state index in [0.717, 1.165) is 33.9 Å².